The molecule has 0 radical (unpaired) electrons. The monoisotopic (exact) mass is 305 g/mol. The summed E-state index contributed by atoms with van der Waals surface area (Å²) in [5, 5.41) is 10.6. The van der Waals surface area contributed by atoms with Crippen LogP contribution in [0.5, 0.6) is 0 Å². The number of hydrogen-bond donors (Lipinski definition) is 1. The van der Waals surface area contributed by atoms with Crippen molar-refractivity contribution in [2.24, 2.45) is 5.92 Å². The van der Waals surface area contributed by atoms with Crippen LogP contribution in [0.2, 0.25) is 0 Å². The lowest BCUT2D eigenvalue weighted by molar-refractivity contribution is -0.125. The number of benzene rings is 1. The molecule has 0 aliphatic heterocycles. The summed E-state index contributed by atoms with van der Waals surface area (Å²) in [5.41, 5.74) is 0.280. The van der Waals surface area contributed by atoms with Crippen molar-refractivity contribution in [2.75, 3.05) is 6.54 Å². The van der Waals surface area contributed by atoms with E-state index in [-0.39, 0.29) is 23.3 Å². The molecule has 1 aromatic heterocycles. The zero-order valence-corrected chi connectivity index (χ0v) is 12.8. The molecule has 6 heteroatoms. The Hall–Kier alpha value is -2.24. The quantitative estimate of drug-likeness (QED) is 0.854. The van der Waals surface area contributed by atoms with Crippen LogP contribution in [0.15, 0.2) is 28.7 Å². The normalized spacial score (nSPS) is 10.9. The largest absolute Gasteiger partial charge is 0.421 e. The van der Waals surface area contributed by atoms with Gasteiger partial charge in [0.15, 0.2) is 0 Å². The summed E-state index contributed by atoms with van der Waals surface area (Å²) in [6, 6.07) is 6.23. The van der Waals surface area contributed by atoms with E-state index in [0.29, 0.717) is 18.9 Å². The number of amides is 1. The molecule has 1 N–H and O–H groups in total. The van der Waals surface area contributed by atoms with Crippen molar-refractivity contribution in [1.82, 2.24) is 15.5 Å². The summed E-state index contributed by atoms with van der Waals surface area (Å²) in [4.78, 5) is 11.8. The van der Waals surface area contributed by atoms with Crippen molar-refractivity contribution in [3.05, 3.63) is 36.0 Å². The van der Waals surface area contributed by atoms with Gasteiger partial charge >= 0.3 is 0 Å². The Kier molecular flexibility index (Phi) is 5.63. The number of rotatable bonds is 7. The zero-order valence-electron chi connectivity index (χ0n) is 12.8. The maximum absolute atomic E-state index is 13.6. The van der Waals surface area contributed by atoms with Gasteiger partial charge in [0.2, 0.25) is 11.8 Å². The Morgan fingerprint density at radius 3 is 2.68 bits per heavy atom. The molecule has 118 valence electrons. The van der Waals surface area contributed by atoms with Gasteiger partial charge in [-0.2, -0.15) is 0 Å². The van der Waals surface area contributed by atoms with Gasteiger partial charge in [-0.1, -0.05) is 26.0 Å². The van der Waals surface area contributed by atoms with Gasteiger partial charge in [0.05, 0.1) is 5.56 Å². The predicted octanol–water partition coefficient (Wildman–Crippen LogP) is 2.97. The minimum absolute atomic E-state index is 0.0386. The summed E-state index contributed by atoms with van der Waals surface area (Å²) in [5.74, 6) is 0.206. The first kappa shape index (κ1) is 16.1. The number of carbonyl (C=O) groups is 1. The lowest BCUT2D eigenvalue weighted by atomic mass is 10.0. The highest BCUT2D eigenvalue weighted by molar-refractivity contribution is 5.78. The Bertz CT molecular complexity index is 623. The number of hydrogen-bond acceptors (Lipinski definition) is 4. The summed E-state index contributed by atoms with van der Waals surface area (Å²) >= 11 is 0. The minimum Gasteiger partial charge on any atom is -0.421 e. The van der Waals surface area contributed by atoms with Crippen LogP contribution in [0.3, 0.4) is 0 Å². The Labute approximate surface area is 128 Å². The second-order valence-electron chi connectivity index (χ2n) is 5.04. The summed E-state index contributed by atoms with van der Waals surface area (Å²) in [6.45, 7) is 4.41. The van der Waals surface area contributed by atoms with Crippen LogP contribution in [0.4, 0.5) is 4.39 Å². The van der Waals surface area contributed by atoms with E-state index < -0.39 is 5.82 Å². The van der Waals surface area contributed by atoms with E-state index in [2.05, 4.69) is 15.5 Å². The van der Waals surface area contributed by atoms with Crippen molar-refractivity contribution >= 4 is 5.91 Å². The van der Waals surface area contributed by atoms with E-state index >= 15 is 0 Å². The number of nitrogens with zero attached hydrogens (tertiary/aromatic N) is 2. The van der Waals surface area contributed by atoms with Crippen LogP contribution in [-0.2, 0) is 11.2 Å². The third-order valence-corrected chi connectivity index (χ3v) is 3.57. The third-order valence-electron chi connectivity index (χ3n) is 3.57. The summed E-state index contributed by atoms with van der Waals surface area (Å²) in [7, 11) is 0. The molecule has 1 aromatic carbocycles. The van der Waals surface area contributed by atoms with E-state index in [1.165, 1.54) is 6.07 Å². The lowest BCUT2D eigenvalue weighted by Crippen LogP contribution is -2.31. The lowest BCUT2D eigenvalue weighted by Gasteiger charge is -2.11. The molecule has 5 nitrogen and oxygen atoms in total. The highest BCUT2D eigenvalue weighted by atomic mass is 19.1. The molecule has 0 saturated carbocycles. The first-order valence-electron chi connectivity index (χ1n) is 7.50. The van der Waals surface area contributed by atoms with Gasteiger partial charge in [0.25, 0.3) is 5.89 Å². The fourth-order valence-electron chi connectivity index (χ4n) is 2.19. The second-order valence-corrected chi connectivity index (χ2v) is 5.04. The Morgan fingerprint density at radius 1 is 1.27 bits per heavy atom. The van der Waals surface area contributed by atoms with Crippen LogP contribution >= 0.6 is 0 Å². The van der Waals surface area contributed by atoms with E-state index in [9.17, 15) is 9.18 Å². The van der Waals surface area contributed by atoms with E-state index in [4.69, 9.17) is 4.42 Å². The maximum atomic E-state index is 13.6. The zero-order chi connectivity index (χ0) is 15.9. The molecular weight excluding hydrogens is 285 g/mol. The van der Waals surface area contributed by atoms with Crippen LogP contribution in [0.25, 0.3) is 11.5 Å². The molecule has 1 amide bonds. The van der Waals surface area contributed by atoms with E-state index in [0.717, 1.165) is 12.8 Å². The van der Waals surface area contributed by atoms with Gasteiger partial charge in [-0.05, 0) is 25.0 Å². The average molecular weight is 305 g/mol. The molecule has 0 spiro atoms. The first-order valence-corrected chi connectivity index (χ1v) is 7.50. The molecule has 1 heterocycles. The van der Waals surface area contributed by atoms with Crippen molar-refractivity contribution < 1.29 is 13.6 Å². The van der Waals surface area contributed by atoms with Gasteiger partial charge in [0.1, 0.15) is 5.82 Å². The van der Waals surface area contributed by atoms with Crippen LogP contribution in [0.1, 0.15) is 32.6 Å². The van der Waals surface area contributed by atoms with E-state index in [1.54, 1.807) is 18.2 Å². The van der Waals surface area contributed by atoms with Gasteiger partial charge < -0.3 is 9.73 Å². The minimum atomic E-state index is -0.403. The van der Waals surface area contributed by atoms with Crippen molar-refractivity contribution in [3.63, 3.8) is 0 Å². The molecule has 0 fully saturated rings. The second kappa shape index (κ2) is 7.68. The number of carbonyl (C=O) groups excluding carboxylic acids is 1. The Balaban J connectivity index is 1.91. The topological polar surface area (TPSA) is 68.0 Å². The SMILES string of the molecule is CCC(CC)C(=O)NCCc1nnc(-c2ccccc2F)o1. The number of aromatic nitrogens is 2. The molecule has 0 bridgehead atoms. The molecule has 0 aliphatic carbocycles. The fraction of sp³-hybridized carbons (Fsp3) is 0.438. The number of nitrogens with one attached hydrogen (secondary N) is 1. The van der Waals surface area contributed by atoms with Gasteiger partial charge in [-0.3, -0.25) is 4.79 Å². The van der Waals surface area contributed by atoms with Gasteiger partial charge in [-0.15, -0.1) is 10.2 Å². The number of halogens is 1. The highest BCUT2D eigenvalue weighted by Crippen LogP contribution is 2.20. The van der Waals surface area contributed by atoms with Crippen molar-refractivity contribution in [2.45, 2.75) is 33.1 Å². The average Bonchev–Trinajstić information content (AvgIpc) is 2.97. The van der Waals surface area contributed by atoms with E-state index in [1.807, 2.05) is 13.8 Å². The van der Waals surface area contributed by atoms with Gasteiger partial charge in [0, 0.05) is 18.9 Å². The molecule has 2 rings (SSSR count). The molecule has 22 heavy (non-hydrogen) atoms. The standard InChI is InChI=1S/C16H20FN3O2/c1-3-11(4-2)15(21)18-10-9-14-19-20-16(22-14)12-7-5-6-8-13(12)17/h5-8,11H,3-4,9-10H2,1-2H3,(H,18,21). The van der Waals surface area contributed by atoms with Crippen molar-refractivity contribution in [3.8, 4) is 11.5 Å². The van der Waals surface area contributed by atoms with Crippen molar-refractivity contribution in [1.29, 1.82) is 0 Å². The first-order chi connectivity index (χ1) is 10.7. The van der Waals surface area contributed by atoms with Gasteiger partial charge in [-0.25, -0.2) is 4.39 Å². The summed E-state index contributed by atoms with van der Waals surface area (Å²) < 4.78 is 19.1. The maximum Gasteiger partial charge on any atom is 0.250 e. The van der Waals surface area contributed by atoms with Crippen LogP contribution in [-0.4, -0.2) is 22.6 Å². The van der Waals surface area contributed by atoms with Crippen LogP contribution < -0.4 is 5.32 Å². The summed E-state index contributed by atoms with van der Waals surface area (Å²) in [6.07, 6.45) is 2.06. The molecule has 0 atom stereocenters. The molecule has 0 saturated heterocycles. The molecule has 0 aliphatic rings. The molecule has 0 unspecified atom stereocenters. The molecule has 2 aromatic rings. The fourth-order valence-corrected chi connectivity index (χ4v) is 2.19. The van der Waals surface area contributed by atoms with Crippen LogP contribution in [0, 0.1) is 11.7 Å². The predicted molar refractivity (Wildman–Crippen MR) is 80.5 cm³/mol. The highest BCUT2D eigenvalue weighted by Gasteiger charge is 2.15. The Morgan fingerprint density at radius 2 is 2.00 bits per heavy atom. The molecular formula is C16H20FN3O2. The smallest absolute Gasteiger partial charge is 0.250 e. The third kappa shape index (κ3) is 3.90.